The van der Waals surface area contributed by atoms with E-state index in [0.29, 0.717) is 0 Å². The second-order valence-electron chi connectivity index (χ2n) is 8.20. The SMILES string of the molecule is CC(CS(=O)(=O)O)c1ccc2ccc(OC3CCC(C(F)(F)F)CC3)c(C(F)(F)F)c2c1. The van der Waals surface area contributed by atoms with Gasteiger partial charge in [0.05, 0.1) is 17.8 Å². The van der Waals surface area contributed by atoms with Gasteiger partial charge in [-0.15, -0.1) is 0 Å². The first-order valence-electron chi connectivity index (χ1n) is 9.97. The smallest absolute Gasteiger partial charge is 0.420 e. The molecule has 0 aromatic heterocycles. The van der Waals surface area contributed by atoms with Crippen LogP contribution in [-0.2, 0) is 16.3 Å². The third kappa shape index (κ3) is 5.86. The molecular weight excluding hydrogens is 462 g/mol. The minimum absolute atomic E-state index is 0.00898. The molecule has 0 heterocycles. The highest BCUT2D eigenvalue weighted by Crippen LogP contribution is 2.44. The molecule has 2 aromatic rings. The Balaban J connectivity index is 1.95. The average Bonchev–Trinajstić information content (AvgIpc) is 2.64. The summed E-state index contributed by atoms with van der Waals surface area (Å²) in [5.41, 5.74) is -0.780. The maximum Gasteiger partial charge on any atom is 0.420 e. The van der Waals surface area contributed by atoms with Crippen LogP contribution in [-0.4, -0.2) is 31.0 Å². The molecule has 0 spiro atoms. The highest BCUT2D eigenvalue weighted by atomic mass is 32.2. The molecule has 0 bridgehead atoms. The van der Waals surface area contributed by atoms with Gasteiger partial charge in [-0.3, -0.25) is 4.55 Å². The summed E-state index contributed by atoms with van der Waals surface area (Å²) in [7, 11) is -4.33. The molecule has 4 nitrogen and oxygen atoms in total. The minimum atomic E-state index is -4.82. The summed E-state index contributed by atoms with van der Waals surface area (Å²) in [6.07, 6.45) is -10.4. The lowest BCUT2D eigenvalue weighted by Gasteiger charge is -2.31. The van der Waals surface area contributed by atoms with Crippen LogP contribution in [0.2, 0.25) is 0 Å². The number of ether oxygens (including phenoxy) is 1. The molecule has 1 unspecified atom stereocenters. The van der Waals surface area contributed by atoms with Crippen molar-refractivity contribution in [3.8, 4) is 5.75 Å². The Hall–Kier alpha value is -2.01. The summed E-state index contributed by atoms with van der Waals surface area (Å²) in [6.45, 7) is 1.46. The highest BCUT2D eigenvalue weighted by Gasteiger charge is 2.42. The molecule has 11 heteroatoms. The second-order valence-corrected chi connectivity index (χ2v) is 9.70. The summed E-state index contributed by atoms with van der Waals surface area (Å²) in [4.78, 5) is 0. The Morgan fingerprint density at radius 2 is 1.62 bits per heavy atom. The fourth-order valence-electron chi connectivity index (χ4n) is 4.11. The van der Waals surface area contributed by atoms with Crippen molar-refractivity contribution < 1.29 is 44.0 Å². The monoisotopic (exact) mass is 484 g/mol. The van der Waals surface area contributed by atoms with Crippen LogP contribution in [0.1, 0.15) is 49.7 Å². The van der Waals surface area contributed by atoms with E-state index in [4.69, 9.17) is 9.29 Å². The number of halogens is 6. The van der Waals surface area contributed by atoms with Crippen molar-refractivity contribution in [1.29, 1.82) is 0 Å². The van der Waals surface area contributed by atoms with Crippen molar-refractivity contribution in [2.75, 3.05) is 5.75 Å². The van der Waals surface area contributed by atoms with Gasteiger partial charge >= 0.3 is 12.4 Å². The maximum absolute atomic E-state index is 14.0. The standard InChI is InChI=1S/C21H22F6O4S/c1-12(11-32(28,29)30)14-3-2-13-4-9-18(19(17(13)10-14)21(25,26)27)31-16-7-5-15(6-8-16)20(22,23)24/h2-4,9-10,12,15-16H,5-8,11H2,1H3,(H,28,29,30). The van der Waals surface area contributed by atoms with Crippen LogP contribution >= 0.6 is 0 Å². The summed E-state index contributed by atoms with van der Waals surface area (Å²) < 4.78 is 117. The van der Waals surface area contributed by atoms with Crippen molar-refractivity contribution in [2.45, 2.75) is 57.0 Å². The molecule has 1 atom stereocenters. The number of rotatable bonds is 5. The molecule has 0 radical (unpaired) electrons. The van der Waals surface area contributed by atoms with Crippen LogP contribution in [0.5, 0.6) is 5.75 Å². The zero-order valence-corrected chi connectivity index (χ0v) is 17.8. The summed E-state index contributed by atoms with van der Waals surface area (Å²) in [5, 5.41) is 0.0342. The predicted octanol–water partition coefficient (Wildman–Crippen LogP) is 6.35. The Labute approximate surface area is 181 Å². The largest absolute Gasteiger partial charge is 0.490 e. The molecule has 1 fully saturated rings. The van der Waals surface area contributed by atoms with Crippen LogP contribution in [0.25, 0.3) is 10.8 Å². The number of alkyl halides is 6. The molecule has 32 heavy (non-hydrogen) atoms. The second kappa shape index (κ2) is 8.74. The van der Waals surface area contributed by atoms with E-state index in [-0.39, 0.29) is 42.0 Å². The number of fused-ring (bicyclic) bond motifs is 1. The Morgan fingerprint density at radius 3 is 2.16 bits per heavy atom. The zero-order valence-electron chi connectivity index (χ0n) is 17.0. The van der Waals surface area contributed by atoms with E-state index in [2.05, 4.69) is 0 Å². The van der Waals surface area contributed by atoms with Crippen molar-refractivity contribution in [1.82, 2.24) is 0 Å². The number of benzene rings is 2. The number of hydrogen-bond donors (Lipinski definition) is 1. The molecule has 178 valence electrons. The van der Waals surface area contributed by atoms with E-state index in [1.54, 1.807) is 0 Å². The fourth-order valence-corrected chi connectivity index (χ4v) is 4.94. The van der Waals surface area contributed by atoms with Crippen molar-refractivity contribution in [3.63, 3.8) is 0 Å². The zero-order chi connectivity index (χ0) is 23.9. The Kier molecular flexibility index (Phi) is 6.72. The Bertz CT molecular complexity index is 1070. The highest BCUT2D eigenvalue weighted by molar-refractivity contribution is 7.85. The van der Waals surface area contributed by atoms with Gasteiger partial charge in [-0.05, 0) is 54.0 Å². The predicted molar refractivity (Wildman–Crippen MR) is 106 cm³/mol. The van der Waals surface area contributed by atoms with Crippen molar-refractivity contribution >= 4 is 20.9 Å². The van der Waals surface area contributed by atoms with Crippen molar-refractivity contribution in [2.24, 2.45) is 5.92 Å². The molecule has 0 aliphatic heterocycles. The van der Waals surface area contributed by atoms with Gasteiger partial charge in [-0.25, -0.2) is 0 Å². The number of hydrogen-bond acceptors (Lipinski definition) is 3. The van der Waals surface area contributed by atoms with Crippen molar-refractivity contribution in [3.05, 3.63) is 41.5 Å². The van der Waals surface area contributed by atoms with Gasteiger partial charge in [0.25, 0.3) is 10.1 Å². The molecule has 2 aromatic carbocycles. The van der Waals surface area contributed by atoms with E-state index in [9.17, 15) is 34.8 Å². The normalized spacial score (nSPS) is 21.5. The maximum atomic E-state index is 14.0. The molecule has 1 aliphatic rings. The van der Waals surface area contributed by atoms with E-state index < -0.39 is 57.5 Å². The van der Waals surface area contributed by atoms with Gasteiger partial charge in [0.2, 0.25) is 0 Å². The lowest BCUT2D eigenvalue weighted by atomic mass is 9.87. The van der Waals surface area contributed by atoms with Crippen LogP contribution in [0, 0.1) is 5.92 Å². The van der Waals surface area contributed by atoms with Crippen LogP contribution < -0.4 is 4.74 Å². The van der Waals surface area contributed by atoms with Gasteiger partial charge in [0, 0.05) is 0 Å². The molecular formula is C21H22F6O4S. The quantitative estimate of drug-likeness (QED) is 0.397. The van der Waals surface area contributed by atoms with Gasteiger partial charge < -0.3 is 4.74 Å². The Morgan fingerprint density at radius 1 is 1.03 bits per heavy atom. The first-order valence-corrected chi connectivity index (χ1v) is 11.6. The van der Waals surface area contributed by atoms with E-state index in [1.165, 1.54) is 31.2 Å². The fraction of sp³-hybridized carbons (Fsp3) is 0.524. The summed E-state index contributed by atoms with van der Waals surface area (Å²) in [6, 6.07) is 6.68. The van der Waals surface area contributed by atoms with E-state index >= 15 is 0 Å². The molecule has 1 aliphatic carbocycles. The topological polar surface area (TPSA) is 63.6 Å². The van der Waals surface area contributed by atoms with E-state index in [1.807, 2.05) is 0 Å². The lowest BCUT2D eigenvalue weighted by molar-refractivity contribution is -0.185. The van der Waals surface area contributed by atoms with Crippen LogP contribution in [0.3, 0.4) is 0 Å². The van der Waals surface area contributed by atoms with E-state index in [0.717, 1.165) is 6.07 Å². The molecule has 0 amide bonds. The lowest BCUT2D eigenvalue weighted by Crippen LogP contribution is -2.32. The van der Waals surface area contributed by atoms with Gasteiger partial charge in [0.15, 0.2) is 0 Å². The van der Waals surface area contributed by atoms with Gasteiger partial charge in [-0.2, -0.15) is 34.8 Å². The molecule has 1 saturated carbocycles. The first-order chi connectivity index (χ1) is 14.6. The third-order valence-electron chi connectivity index (χ3n) is 5.75. The minimum Gasteiger partial charge on any atom is -0.490 e. The third-order valence-corrected chi connectivity index (χ3v) is 6.67. The summed E-state index contributed by atoms with van der Waals surface area (Å²) in [5.74, 6) is -3.37. The van der Waals surface area contributed by atoms with Crippen LogP contribution in [0.4, 0.5) is 26.3 Å². The van der Waals surface area contributed by atoms with Crippen LogP contribution in [0.15, 0.2) is 30.3 Å². The molecule has 0 saturated heterocycles. The summed E-state index contributed by atoms with van der Waals surface area (Å²) >= 11 is 0. The average molecular weight is 484 g/mol. The first kappa shape index (κ1) is 24.6. The van der Waals surface area contributed by atoms with Gasteiger partial charge in [0.1, 0.15) is 11.3 Å². The molecule has 1 N–H and O–H groups in total. The molecule has 3 rings (SSSR count). The van der Waals surface area contributed by atoms with Gasteiger partial charge in [-0.1, -0.05) is 31.2 Å².